The first-order valence-electron chi connectivity index (χ1n) is 6.91. The monoisotopic (exact) mass is 262 g/mol. The van der Waals surface area contributed by atoms with Crippen LogP contribution in [0, 0.1) is 11.7 Å². The lowest BCUT2D eigenvalue weighted by Gasteiger charge is -2.30. The highest BCUT2D eigenvalue weighted by atomic mass is 19.1. The molecule has 1 aromatic rings. The zero-order valence-electron chi connectivity index (χ0n) is 11.3. The normalized spacial score (nSPS) is 28.8. The summed E-state index contributed by atoms with van der Waals surface area (Å²) in [5.74, 6) is 0.524. The molecule has 3 unspecified atom stereocenters. The Hall–Kier alpha value is -1.42. The van der Waals surface area contributed by atoms with Crippen LogP contribution < -0.4 is 5.32 Å². The number of amides is 1. The van der Waals surface area contributed by atoms with E-state index in [9.17, 15) is 9.18 Å². The molecule has 1 N–H and O–H groups in total. The predicted octanol–water partition coefficient (Wildman–Crippen LogP) is 2.44. The second-order valence-electron chi connectivity index (χ2n) is 5.67. The zero-order valence-corrected chi connectivity index (χ0v) is 11.3. The van der Waals surface area contributed by atoms with Gasteiger partial charge in [0.15, 0.2) is 0 Å². The number of hydrogen-bond donors (Lipinski definition) is 1. The van der Waals surface area contributed by atoms with Crippen LogP contribution in [0.4, 0.5) is 4.39 Å². The molecule has 1 amide bonds. The molecule has 1 aliphatic heterocycles. The Bertz CT molecular complexity index is 483. The van der Waals surface area contributed by atoms with Crippen LogP contribution in [-0.4, -0.2) is 22.9 Å². The van der Waals surface area contributed by atoms with Crippen LogP contribution >= 0.6 is 0 Å². The van der Waals surface area contributed by atoms with Crippen molar-refractivity contribution in [3.05, 3.63) is 35.6 Å². The summed E-state index contributed by atoms with van der Waals surface area (Å²) < 4.78 is 13.0. The van der Waals surface area contributed by atoms with Crippen molar-refractivity contribution in [3.8, 4) is 0 Å². The molecule has 1 aliphatic carbocycles. The van der Waals surface area contributed by atoms with Gasteiger partial charge in [0, 0.05) is 6.04 Å². The van der Waals surface area contributed by atoms with E-state index in [1.165, 1.54) is 25.0 Å². The molecule has 102 valence electrons. The Morgan fingerprint density at radius 1 is 1.32 bits per heavy atom. The van der Waals surface area contributed by atoms with Gasteiger partial charge in [-0.05, 0) is 50.3 Å². The van der Waals surface area contributed by atoms with Crippen LogP contribution in [0.25, 0.3) is 0 Å². The van der Waals surface area contributed by atoms with E-state index in [-0.39, 0.29) is 30.0 Å². The molecule has 3 nitrogen and oxygen atoms in total. The largest absolute Gasteiger partial charge is 0.319 e. The standard InChI is InChI=1S/C15H19FN2O/c1-9-15(19)18(10(2)11-3-4-11)14(17-9)12-5-7-13(16)8-6-12/h5-11,14,17H,3-4H2,1-2H3. The number of rotatable bonds is 3. The van der Waals surface area contributed by atoms with Gasteiger partial charge in [-0.1, -0.05) is 12.1 Å². The summed E-state index contributed by atoms with van der Waals surface area (Å²) in [5, 5.41) is 3.31. The van der Waals surface area contributed by atoms with Crippen LogP contribution in [0.1, 0.15) is 38.4 Å². The number of nitrogens with zero attached hydrogens (tertiary/aromatic N) is 1. The predicted molar refractivity (Wildman–Crippen MR) is 70.8 cm³/mol. The molecule has 3 rings (SSSR count). The van der Waals surface area contributed by atoms with Crippen molar-refractivity contribution in [3.63, 3.8) is 0 Å². The molecule has 2 fully saturated rings. The van der Waals surface area contributed by atoms with Crippen LogP contribution in [0.5, 0.6) is 0 Å². The second-order valence-corrected chi connectivity index (χ2v) is 5.67. The summed E-state index contributed by atoms with van der Waals surface area (Å²) in [6.45, 7) is 4.00. The topological polar surface area (TPSA) is 32.3 Å². The van der Waals surface area contributed by atoms with Crippen molar-refractivity contribution in [2.75, 3.05) is 0 Å². The lowest BCUT2D eigenvalue weighted by molar-refractivity contribution is -0.132. The zero-order chi connectivity index (χ0) is 13.6. The highest BCUT2D eigenvalue weighted by molar-refractivity contribution is 5.84. The number of nitrogens with one attached hydrogen (secondary N) is 1. The molecule has 0 bridgehead atoms. The summed E-state index contributed by atoms with van der Waals surface area (Å²) >= 11 is 0. The third kappa shape index (κ3) is 2.25. The third-order valence-electron chi connectivity index (χ3n) is 4.24. The van der Waals surface area contributed by atoms with Gasteiger partial charge in [-0.15, -0.1) is 0 Å². The number of halogens is 1. The molecule has 1 aromatic carbocycles. The van der Waals surface area contributed by atoms with E-state index in [1.54, 1.807) is 12.1 Å². The minimum Gasteiger partial charge on any atom is -0.319 e. The number of benzene rings is 1. The molecule has 1 heterocycles. The van der Waals surface area contributed by atoms with Gasteiger partial charge in [0.1, 0.15) is 12.0 Å². The Morgan fingerprint density at radius 2 is 1.95 bits per heavy atom. The molecule has 0 aromatic heterocycles. The summed E-state index contributed by atoms with van der Waals surface area (Å²) in [5.41, 5.74) is 0.951. The van der Waals surface area contributed by atoms with Gasteiger partial charge < -0.3 is 4.90 Å². The molecule has 0 spiro atoms. The highest BCUT2D eigenvalue weighted by Crippen LogP contribution is 2.39. The summed E-state index contributed by atoms with van der Waals surface area (Å²) in [6, 6.07) is 6.49. The Labute approximate surface area is 112 Å². The Morgan fingerprint density at radius 3 is 2.53 bits per heavy atom. The molecule has 19 heavy (non-hydrogen) atoms. The number of carbonyl (C=O) groups is 1. The van der Waals surface area contributed by atoms with Crippen molar-refractivity contribution in [1.29, 1.82) is 0 Å². The molecule has 1 saturated carbocycles. The summed E-state index contributed by atoms with van der Waals surface area (Å²) in [4.78, 5) is 14.3. The van der Waals surface area contributed by atoms with E-state index in [1.807, 2.05) is 11.8 Å². The fourth-order valence-electron chi connectivity index (χ4n) is 2.88. The van der Waals surface area contributed by atoms with Crippen LogP contribution in [0.3, 0.4) is 0 Å². The lowest BCUT2D eigenvalue weighted by atomic mass is 10.1. The fraction of sp³-hybridized carbons (Fsp3) is 0.533. The van der Waals surface area contributed by atoms with Gasteiger partial charge in [0.05, 0.1) is 6.04 Å². The minimum atomic E-state index is -0.247. The van der Waals surface area contributed by atoms with E-state index in [2.05, 4.69) is 12.2 Å². The Balaban J connectivity index is 1.89. The van der Waals surface area contributed by atoms with Gasteiger partial charge in [-0.2, -0.15) is 0 Å². The first-order chi connectivity index (χ1) is 9.08. The quantitative estimate of drug-likeness (QED) is 0.907. The average molecular weight is 262 g/mol. The first-order valence-corrected chi connectivity index (χ1v) is 6.91. The molecule has 0 radical (unpaired) electrons. The third-order valence-corrected chi connectivity index (χ3v) is 4.24. The van der Waals surface area contributed by atoms with Crippen molar-refractivity contribution in [1.82, 2.24) is 10.2 Å². The van der Waals surface area contributed by atoms with Gasteiger partial charge in [0.2, 0.25) is 5.91 Å². The smallest absolute Gasteiger partial charge is 0.241 e. The molecular formula is C15H19FN2O. The van der Waals surface area contributed by atoms with Crippen LogP contribution in [-0.2, 0) is 4.79 Å². The maximum absolute atomic E-state index is 13.0. The van der Waals surface area contributed by atoms with Gasteiger partial charge >= 0.3 is 0 Å². The summed E-state index contributed by atoms with van der Waals surface area (Å²) in [6.07, 6.45) is 2.28. The molecule has 1 saturated heterocycles. The molecule has 2 aliphatic rings. The molecule has 3 atom stereocenters. The lowest BCUT2D eigenvalue weighted by Crippen LogP contribution is -2.39. The number of hydrogen-bond acceptors (Lipinski definition) is 2. The highest BCUT2D eigenvalue weighted by Gasteiger charge is 2.44. The van der Waals surface area contributed by atoms with E-state index in [0.29, 0.717) is 5.92 Å². The second kappa shape index (κ2) is 4.60. The summed E-state index contributed by atoms with van der Waals surface area (Å²) in [7, 11) is 0. The van der Waals surface area contributed by atoms with Gasteiger partial charge in [-0.3, -0.25) is 10.1 Å². The maximum Gasteiger partial charge on any atom is 0.241 e. The first kappa shape index (κ1) is 12.6. The Kier molecular flexibility index (Phi) is 3.05. The van der Waals surface area contributed by atoms with Gasteiger partial charge in [-0.25, -0.2) is 4.39 Å². The van der Waals surface area contributed by atoms with Crippen LogP contribution in [0.2, 0.25) is 0 Å². The fourth-order valence-corrected chi connectivity index (χ4v) is 2.88. The van der Waals surface area contributed by atoms with Gasteiger partial charge in [0.25, 0.3) is 0 Å². The van der Waals surface area contributed by atoms with Crippen molar-refractivity contribution in [2.24, 2.45) is 5.92 Å². The SMILES string of the molecule is CC1NC(c2ccc(F)cc2)N(C(C)C2CC2)C1=O. The van der Waals surface area contributed by atoms with Crippen molar-refractivity contribution in [2.45, 2.75) is 44.9 Å². The van der Waals surface area contributed by atoms with Crippen LogP contribution in [0.15, 0.2) is 24.3 Å². The molecular weight excluding hydrogens is 243 g/mol. The molecule has 4 heteroatoms. The van der Waals surface area contributed by atoms with Crippen molar-refractivity contribution < 1.29 is 9.18 Å². The van der Waals surface area contributed by atoms with E-state index in [4.69, 9.17) is 0 Å². The minimum absolute atomic E-state index is 0.126. The number of carbonyl (C=O) groups excluding carboxylic acids is 1. The van der Waals surface area contributed by atoms with E-state index < -0.39 is 0 Å². The van der Waals surface area contributed by atoms with E-state index in [0.717, 1.165) is 5.56 Å². The van der Waals surface area contributed by atoms with Crippen molar-refractivity contribution >= 4 is 5.91 Å². The maximum atomic E-state index is 13.0. The van der Waals surface area contributed by atoms with E-state index >= 15 is 0 Å². The average Bonchev–Trinajstić information content (AvgIpc) is 3.18.